The predicted molar refractivity (Wildman–Crippen MR) is 115 cm³/mol. The molecule has 1 saturated carbocycles. The van der Waals surface area contributed by atoms with Crippen LogP contribution in [-0.4, -0.2) is 45.1 Å². The van der Waals surface area contributed by atoms with Crippen LogP contribution in [0.25, 0.3) is 0 Å². The van der Waals surface area contributed by atoms with Crippen molar-refractivity contribution < 1.29 is 9.84 Å². The first kappa shape index (κ1) is 20.7. The number of likely N-dealkylation sites (tertiary alicyclic amines) is 1. The molecule has 0 radical (unpaired) electrons. The molecule has 1 aliphatic heterocycles. The third-order valence-electron chi connectivity index (χ3n) is 6.32. The maximum Gasteiger partial charge on any atom is 0.120 e. The molecule has 2 heterocycles. The van der Waals surface area contributed by atoms with Crippen molar-refractivity contribution in [3.8, 4) is 5.75 Å². The molecule has 2 fully saturated rings. The Kier molecular flexibility index (Phi) is 6.78. The second-order valence-corrected chi connectivity index (χ2v) is 9.16. The lowest BCUT2D eigenvalue weighted by Gasteiger charge is -2.27. The number of hydrogen-bond donors (Lipinski definition) is 1. The Balaban J connectivity index is 1.28. The third-order valence-corrected chi connectivity index (χ3v) is 6.56. The highest BCUT2D eigenvalue weighted by Crippen LogP contribution is 2.28. The van der Waals surface area contributed by atoms with Crippen molar-refractivity contribution in [3.63, 3.8) is 0 Å². The van der Waals surface area contributed by atoms with E-state index < -0.39 is 5.60 Å². The number of benzene rings is 1. The molecule has 0 amide bonds. The molecule has 0 bridgehead atoms. The minimum atomic E-state index is -0.788. The Morgan fingerprint density at radius 3 is 2.83 bits per heavy atom. The average molecular weight is 418 g/mol. The first-order chi connectivity index (χ1) is 14.1. The predicted octanol–water partition coefficient (Wildman–Crippen LogP) is 4.84. The number of aromatic nitrogens is 2. The topological polar surface area (TPSA) is 50.5 Å². The van der Waals surface area contributed by atoms with Gasteiger partial charge in [0, 0.05) is 29.9 Å². The second kappa shape index (κ2) is 9.50. The van der Waals surface area contributed by atoms with Crippen molar-refractivity contribution in [1.82, 2.24) is 14.7 Å². The second-order valence-electron chi connectivity index (χ2n) is 8.72. The number of nitrogens with zero attached hydrogens (tertiary/aromatic N) is 3. The summed E-state index contributed by atoms with van der Waals surface area (Å²) in [4.78, 5) is 2.43. The van der Waals surface area contributed by atoms with Gasteiger partial charge in [-0.25, -0.2) is 0 Å². The van der Waals surface area contributed by atoms with Gasteiger partial charge < -0.3 is 9.84 Å². The quantitative estimate of drug-likeness (QED) is 0.730. The summed E-state index contributed by atoms with van der Waals surface area (Å²) in [5.74, 6) is 0.710. The van der Waals surface area contributed by atoms with E-state index in [2.05, 4.69) is 20.9 Å². The van der Waals surface area contributed by atoms with Gasteiger partial charge >= 0.3 is 0 Å². The molecular formula is C23H32ClN3O2. The van der Waals surface area contributed by atoms with Crippen LogP contribution < -0.4 is 4.74 Å². The van der Waals surface area contributed by atoms with Crippen LogP contribution in [0.15, 0.2) is 36.7 Å². The fourth-order valence-electron chi connectivity index (χ4n) is 4.57. The number of rotatable bonds is 6. The van der Waals surface area contributed by atoms with Gasteiger partial charge in [0.1, 0.15) is 12.4 Å². The molecule has 2 aromatic rings. The van der Waals surface area contributed by atoms with Crippen LogP contribution in [0.4, 0.5) is 0 Å². The normalized spacial score (nSPS) is 24.3. The van der Waals surface area contributed by atoms with Crippen molar-refractivity contribution in [2.24, 2.45) is 0 Å². The molecule has 1 N–H and O–H groups in total. The summed E-state index contributed by atoms with van der Waals surface area (Å²) in [5.41, 5.74) is 0.486. The van der Waals surface area contributed by atoms with Gasteiger partial charge in [0.05, 0.1) is 17.8 Å². The van der Waals surface area contributed by atoms with E-state index in [1.165, 1.54) is 37.7 Å². The van der Waals surface area contributed by atoms with Gasteiger partial charge in [0.25, 0.3) is 0 Å². The zero-order chi connectivity index (χ0) is 20.1. The average Bonchev–Trinajstić information content (AvgIpc) is 3.12. The molecule has 5 nitrogen and oxygen atoms in total. The largest absolute Gasteiger partial charge is 0.491 e. The van der Waals surface area contributed by atoms with Gasteiger partial charge in [0.2, 0.25) is 0 Å². The van der Waals surface area contributed by atoms with Crippen molar-refractivity contribution in [1.29, 1.82) is 0 Å². The summed E-state index contributed by atoms with van der Waals surface area (Å²) in [6.45, 7) is 3.07. The highest BCUT2D eigenvalue weighted by Gasteiger charge is 2.31. The maximum absolute atomic E-state index is 11.0. The molecule has 6 heteroatoms. The highest BCUT2D eigenvalue weighted by molar-refractivity contribution is 6.30. The fourth-order valence-corrected chi connectivity index (χ4v) is 4.75. The Bertz CT molecular complexity index is 790. The lowest BCUT2D eigenvalue weighted by atomic mass is 9.96. The molecule has 1 atom stereocenters. The molecule has 1 saturated heterocycles. The Morgan fingerprint density at radius 1 is 1.14 bits per heavy atom. The summed E-state index contributed by atoms with van der Waals surface area (Å²) in [6.07, 6.45) is 13.2. The van der Waals surface area contributed by atoms with Crippen molar-refractivity contribution in [3.05, 3.63) is 47.2 Å². The van der Waals surface area contributed by atoms with E-state index in [0.29, 0.717) is 29.8 Å². The SMILES string of the molecule is OC1(COc2cccc(Cl)c2)CCCN(Cc2cnn(C3CCCCC3)c2)CC1. The molecular weight excluding hydrogens is 386 g/mol. The van der Waals surface area contributed by atoms with Crippen LogP contribution in [-0.2, 0) is 6.54 Å². The van der Waals surface area contributed by atoms with Crippen LogP contribution in [0.2, 0.25) is 5.02 Å². The highest BCUT2D eigenvalue weighted by atomic mass is 35.5. The van der Waals surface area contributed by atoms with Gasteiger partial charge in [0.15, 0.2) is 0 Å². The van der Waals surface area contributed by atoms with E-state index in [1.54, 1.807) is 6.07 Å². The monoisotopic (exact) mass is 417 g/mol. The van der Waals surface area contributed by atoms with Gasteiger partial charge in [-0.2, -0.15) is 5.10 Å². The molecule has 0 spiro atoms. The molecule has 158 valence electrons. The van der Waals surface area contributed by atoms with Gasteiger partial charge in [-0.15, -0.1) is 0 Å². The smallest absolute Gasteiger partial charge is 0.120 e. The van der Waals surface area contributed by atoms with E-state index in [1.807, 2.05) is 24.4 Å². The molecule has 1 unspecified atom stereocenters. The Morgan fingerprint density at radius 2 is 2.00 bits per heavy atom. The lowest BCUT2D eigenvalue weighted by molar-refractivity contribution is -0.0168. The third kappa shape index (κ3) is 5.74. The molecule has 2 aliphatic rings. The number of ether oxygens (including phenoxy) is 1. The summed E-state index contributed by atoms with van der Waals surface area (Å²) in [6, 6.07) is 7.93. The zero-order valence-electron chi connectivity index (χ0n) is 17.1. The Labute approximate surface area is 178 Å². The molecule has 4 rings (SSSR count). The summed E-state index contributed by atoms with van der Waals surface area (Å²) >= 11 is 6.02. The molecule has 1 aromatic carbocycles. The van der Waals surface area contributed by atoms with Crippen LogP contribution in [0, 0.1) is 0 Å². The van der Waals surface area contributed by atoms with Crippen molar-refractivity contribution >= 4 is 11.6 Å². The maximum atomic E-state index is 11.0. The number of aliphatic hydroxyl groups is 1. The van der Waals surface area contributed by atoms with Gasteiger partial charge in [-0.1, -0.05) is 36.9 Å². The number of halogens is 1. The zero-order valence-corrected chi connectivity index (χ0v) is 17.9. The van der Waals surface area contributed by atoms with E-state index in [0.717, 1.165) is 32.5 Å². The van der Waals surface area contributed by atoms with Crippen LogP contribution >= 0.6 is 11.6 Å². The molecule has 29 heavy (non-hydrogen) atoms. The first-order valence-electron chi connectivity index (χ1n) is 11.0. The van der Waals surface area contributed by atoms with E-state index in [4.69, 9.17) is 16.3 Å². The summed E-state index contributed by atoms with van der Waals surface area (Å²) in [5, 5.41) is 16.3. The van der Waals surface area contributed by atoms with Crippen LogP contribution in [0.5, 0.6) is 5.75 Å². The summed E-state index contributed by atoms with van der Waals surface area (Å²) in [7, 11) is 0. The minimum Gasteiger partial charge on any atom is -0.491 e. The van der Waals surface area contributed by atoms with E-state index >= 15 is 0 Å². The molecule has 1 aromatic heterocycles. The summed E-state index contributed by atoms with van der Waals surface area (Å²) < 4.78 is 8.02. The first-order valence-corrected chi connectivity index (χ1v) is 11.3. The van der Waals surface area contributed by atoms with Crippen LogP contribution in [0.1, 0.15) is 63.0 Å². The minimum absolute atomic E-state index is 0.306. The number of hydrogen-bond acceptors (Lipinski definition) is 4. The van der Waals surface area contributed by atoms with Gasteiger partial charge in [-0.3, -0.25) is 9.58 Å². The standard InChI is InChI=1S/C23H32ClN3O2/c24-20-6-4-9-22(14-20)29-18-23(28)10-5-12-26(13-11-23)16-19-15-25-27(17-19)21-7-2-1-3-8-21/h4,6,9,14-15,17,21,28H,1-3,5,7-8,10-13,16,18H2. The van der Waals surface area contributed by atoms with Crippen LogP contribution in [0.3, 0.4) is 0 Å². The fraction of sp³-hybridized carbons (Fsp3) is 0.609. The lowest BCUT2D eigenvalue weighted by Crippen LogP contribution is -2.37. The Hall–Kier alpha value is -1.56. The van der Waals surface area contributed by atoms with Crippen molar-refractivity contribution in [2.75, 3.05) is 19.7 Å². The van der Waals surface area contributed by atoms with E-state index in [-0.39, 0.29) is 0 Å². The van der Waals surface area contributed by atoms with Gasteiger partial charge in [-0.05, 0) is 56.8 Å². The van der Waals surface area contributed by atoms with E-state index in [9.17, 15) is 5.11 Å². The van der Waals surface area contributed by atoms with Crippen molar-refractivity contribution in [2.45, 2.75) is 69.6 Å². The molecule has 1 aliphatic carbocycles.